The van der Waals surface area contributed by atoms with Crippen molar-refractivity contribution in [1.29, 1.82) is 0 Å². The summed E-state index contributed by atoms with van der Waals surface area (Å²) < 4.78 is 4.81. The fourth-order valence-corrected chi connectivity index (χ4v) is 3.03. The zero-order valence-corrected chi connectivity index (χ0v) is 11.5. The van der Waals surface area contributed by atoms with Crippen molar-refractivity contribution in [2.45, 2.75) is 52.6 Å². The number of methoxy groups -OCH3 is 1. The molecule has 0 aliphatic heterocycles. The predicted molar refractivity (Wildman–Crippen MR) is 67.5 cm³/mol. The Bertz CT molecular complexity index is 250. The van der Waals surface area contributed by atoms with E-state index in [1.54, 1.807) is 0 Å². The third-order valence-corrected chi connectivity index (χ3v) is 4.02. The average molecular weight is 242 g/mol. The monoisotopic (exact) mass is 242 g/mol. The van der Waals surface area contributed by atoms with E-state index in [2.05, 4.69) is 6.92 Å². The first-order valence-corrected chi connectivity index (χ1v) is 6.73. The number of hydrogen-bond acceptors (Lipinski definition) is 3. The largest absolute Gasteiger partial charge is 0.469 e. The first-order chi connectivity index (χ1) is 7.97. The van der Waals surface area contributed by atoms with Gasteiger partial charge in [0.2, 0.25) is 0 Å². The number of rotatable bonds is 4. The van der Waals surface area contributed by atoms with Gasteiger partial charge in [0.1, 0.15) is 0 Å². The number of aliphatic hydroxyl groups excluding tert-OH is 1. The van der Waals surface area contributed by atoms with Gasteiger partial charge in [0, 0.05) is 0 Å². The zero-order chi connectivity index (χ0) is 13.0. The van der Waals surface area contributed by atoms with E-state index in [1.165, 1.54) is 13.5 Å². The molecule has 1 fully saturated rings. The molecule has 17 heavy (non-hydrogen) atoms. The highest BCUT2D eigenvalue weighted by Crippen LogP contribution is 2.35. The first kappa shape index (κ1) is 14.5. The third kappa shape index (κ3) is 3.70. The molecule has 3 heteroatoms. The highest BCUT2D eigenvalue weighted by atomic mass is 16.5. The van der Waals surface area contributed by atoms with Gasteiger partial charge in [0.15, 0.2) is 0 Å². The standard InChI is InChI=1S/C14H26O3/c1-9(2)12(14(16)17-4)13(15)11-7-5-6-10(3)8-11/h9-13,15H,5-8H2,1-4H3. The summed E-state index contributed by atoms with van der Waals surface area (Å²) >= 11 is 0. The van der Waals surface area contributed by atoms with E-state index in [4.69, 9.17) is 4.74 Å². The van der Waals surface area contributed by atoms with Gasteiger partial charge in [-0.2, -0.15) is 0 Å². The minimum atomic E-state index is -0.551. The van der Waals surface area contributed by atoms with Gasteiger partial charge < -0.3 is 9.84 Å². The maximum atomic E-state index is 11.7. The molecular formula is C14H26O3. The number of carbonyl (C=O) groups is 1. The van der Waals surface area contributed by atoms with Crippen LogP contribution < -0.4 is 0 Å². The van der Waals surface area contributed by atoms with Gasteiger partial charge in [-0.1, -0.05) is 33.6 Å². The van der Waals surface area contributed by atoms with Gasteiger partial charge in [0.25, 0.3) is 0 Å². The van der Waals surface area contributed by atoms with Crippen LogP contribution in [0.1, 0.15) is 46.5 Å². The number of esters is 1. The van der Waals surface area contributed by atoms with Crippen molar-refractivity contribution < 1.29 is 14.6 Å². The summed E-state index contributed by atoms with van der Waals surface area (Å²) in [7, 11) is 1.40. The van der Waals surface area contributed by atoms with Crippen LogP contribution in [0, 0.1) is 23.7 Å². The number of aliphatic hydroxyl groups is 1. The van der Waals surface area contributed by atoms with Crippen LogP contribution in [0.15, 0.2) is 0 Å². The van der Waals surface area contributed by atoms with Crippen LogP contribution in [0.5, 0.6) is 0 Å². The molecule has 1 N–H and O–H groups in total. The van der Waals surface area contributed by atoms with Crippen molar-refractivity contribution >= 4 is 5.97 Å². The third-order valence-electron chi connectivity index (χ3n) is 4.02. The molecular weight excluding hydrogens is 216 g/mol. The second-order valence-corrected chi connectivity index (χ2v) is 5.82. The van der Waals surface area contributed by atoms with Crippen molar-refractivity contribution in [1.82, 2.24) is 0 Å². The van der Waals surface area contributed by atoms with Crippen LogP contribution in [0.25, 0.3) is 0 Å². The lowest BCUT2D eigenvalue weighted by Gasteiger charge is -2.35. The lowest BCUT2D eigenvalue weighted by atomic mass is 9.74. The molecule has 0 aromatic heterocycles. The quantitative estimate of drug-likeness (QED) is 0.771. The topological polar surface area (TPSA) is 46.5 Å². The van der Waals surface area contributed by atoms with E-state index in [1.807, 2.05) is 13.8 Å². The molecule has 0 aromatic rings. The van der Waals surface area contributed by atoms with Crippen molar-refractivity contribution in [2.24, 2.45) is 23.7 Å². The summed E-state index contributed by atoms with van der Waals surface area (Å²) in [4.78, 5) is 11.7. The summed E-state index contributed by atoms with van der Waals surface area (Å²) in [6.45, 7) is 6.16. The molecule has 1 saturated carbocycles. The zero-order valence-electron chi connectivity index (χ0n) is 11.5. The summed E-state index contributed by atoms with van der Waals surface area (Å²) in [5.74, 6) is 0.384. The molecule has 0 spiro atoms. The summed E-state index contributed by atoms with van der Waals surface area (Å²) in [5, 5.41) is 10.4. The molecule has 0 bridgehead atoms. The fraction of sp³-hybridized carbons (Fsp3) is 0.929. The van der Waals surface area contributed by atoms with Crippen molar-refractivity contribution in [3.05, 3.63) is 0 Å². The average Bonchev–Trinajstić information content (AvgIpc) is 2.28. The van der Waals surface area contributed by atoms with Crippen molar-refractivity contribution in [3.63, 3.8) is 0 Å². The number of carbonyl (C=O) groups excluding carboxylic acids is 1. The number of hydrogen-bond donors (Lipinski definition) is 1. The van der Waals surface area contributed by atoms with E-state index in [0.29, 0.717) is 5.92 Å². The van der Waals surface area contributed by atoms with Crippen LogP contribution in [0.2, 0.25) is 0 Å². The van der Waals surface area contributed by atoms with Gasteiger partial charge >= 0.3 is 5.97 Å². The van der Waals surface area contributed by atoms with Crippen LogP contribution in [-0.4, -0.2) is 24.3 Å². The Labute approximate surface area is 105 Å². The first-order valence-electron chi connectivity index (χ1n) is 6.73. The van der Waals surface area contributed by atoms with E-state index < -0.39 is 6.10 Å². The highest BCUT2D eigenvalue weighted by molar-refractivity contribution is 5.73. The molecule has 0 saturated heterocycles. The molecule has 1 aliphatic carbocycles. The van der Waals surface area contributed by atoms with Gasteiger partial charge in [-0.15, -0.1) is 0 Å². The molecule has 4 atom stereocenters. The Hall–Kier alpha value is -0.570. The predicted octanol–water partition coefficient (Wildman–Crippen LogP) is 2.62. The Morgan fingerprint density at radius 3 is 2.47 bits per heavy atom. The second kappa shape index (κ2) is 6.39. The molecule has 1 rings (SSSR count). The van der Waals surface area contributed by atoms with E-state index in [9.17, 15) is 9.90 Å². The van der Waals surface area contributed by atoms with Crippen LogP contribution in [0.3, 0.4) is 0 Å². The Balaban J connectivity index is 2.69. The van der Waals surface area contributed by atoms with Crippen LogP contribution in [0.4, 0.5) is 0 Å². The molecule has 0 amide bonds. The summed E-state index contributed by atoms with van der Waals surface area (Å²) in [6, 6.07) is 0. The molecule has 4 unspecified atom stereocenters. The van der Waals surface area contributed by atoms with E-state index in [-0.39, 0.29) is 23.7 Å². The molecule has 1 aliphatic rings. The smallest absolute Gasteiger partial charge is 0.311 e. The molecule has 100 valence electrons. The molecule has 0 radical (unpaired) electrons. The summed E-state index contributed by atoms with van der Waals surface area (Å²) in [5.41, 5.74) is 0. The number of ether oxygens (including phenoxy) is 1. The van der Waals surface area contributed by atoms with Crippen LogP contribution >= 0.6 is 0 Å². The maximum Gasteiger partial charge on any atom is 0.311 e. The van der Waals surface area contributed by atoms with Gasteiger partial charge in [-0.3, -0.25) is 4.79 Å². The van der Waals surface area contributed by atoms with E-state index in [0.717, 1.165) is 19.3 Å². The molecule has 3 nitrogen and oxygen atoms in total. The van der Waals surface area contributed by atoms with Crippen molar-refractivity contribution in [3.8, 4) is 0 Å². The minimum Gasteiger partial charge on any atom is -0.469 e. The van der Waals surface area contributed by atoms with Crippen LogP contribution in [-0.2, 0) is 9.53 Å². The Kier molecular flexibility index (Phi) is 5.44. The maximum absolute atomic E-state index is 11.7. The Morgan fingerprint density at radius 2 is 2.00 bits per heavy atom. The minimum absolute atomic E-state index is 0.120. The van der Waals surface area contributed by atoms with E-state index >= 15 is 0 Å². The lowest BCUT2D eigenvalue weighted by Crippen LogP contribution is -2.40. The van der Waals surface area contributed by atoms with Gasteiger partial charge in [0.05, 0.1) is 19.1 Å². The lowest BCUT2D eigenvalue weighted by molar-refractivity contribution is -0.154. The molecule has 0 aromatic carbocycles. The fourth-order valence-electron chi connectivity index (χ4n) is 3.03. The van der Waals surface area contributed by atoms with Gasteiger partial charge in [-0.05, 0) is 30.6 Å². The SMILES string of the molecule is COC(=O)C(C(C)C)C(O)C1CCCC(C)C1. The Morgan fingerprint density at radius 1 is 1.35 bits per heavy atom. The summed E-state index contributed by atoms with van der Waals surface area (Å²) in [6.07, 6.45) is 3.92. The molecule has 0 heterocycles. The normalized spacial score (nSPS) is 28.8. The second-order valence-electron chi connectivity index (χ2n) is 5.82. The van der Waals surface area contributed by atoms with Gasteiger partial charge in [-0.25, -0.2) is 0 Å². The van der Waals surface area contributed by atoms with Crippen molar-refractivity contribution in [2.75, 3.05) is 7.11 Å². The highest BCUT2D eigenvalue weighted by Gasteiger charge is 2.37.